The molecule has 0 aliphatic heterocycles. The van der Waals surface area contributed by atoms with E-state index in [0.29, 0.717) is 15.8 Å². The predicted molar refractivity (Wildman–Crippen MR) is 73.9 cm³/mol. The van der Waals surface area contributed by atoms with Gasteiger partial charge in [-0.25, -0.2) is 9.78 Å². The van der Waals surface area contributed by atoms with Gasteiger partial charge in [-0.1, -0.05) is 22.9 Å². The van der Waals surface area contributed by atoms with E-state index in [1.54, 1.807) is 30.5 Å². The molecule has 0 bridgehead atoms. The molecule has 0 spiro atoms. The van der Waals surface area contributed by atoms with E-state index >= 15 is 0 Å². The van der Waals surface area contributed by atoms with Crippen LogP contribution in [-0.4, -0.2) is 11.0 Å². The zero-order chi connectivity index (χ0) is 12.3. The first kappa shape index (κ1) is 12.3. The number of benzene rings is 1. The molecule has 1 aromatic carbocycles. The molecule has 0 radical (unpaired) electrons. The van der Waals surface area contributed by atoms with Gasteiger partial charge in [0.15, 0.2) is 5.13 Å². The van der Waals surface area contributed by atoms with E-state index in [0.717, 1.165) is 3.79 Å². The number of nitrogens with zero attached hydrogens (tertiary/aromatic N) is 1. The van der Waals surface area contributed by atoms with Gasteiger partial charge < -0.3 is 5.32 Å². The highest BCUT2D eigenvalue weighted by Gasteiger charge is 2.05. The Bertz CT molecular complexity index is 529. The van der Waals surface area contributed by atoms with E-state index in [2.05, 4.69) is 31.5 Å². The van der Waals surface area contributed by atoms with Crippen molar-refractivity contribution in [2.45, 2.75) is 0 Å². The highest BCUT2D eigenvalue weighted by Crippen LogP contribution is 2.23. The summed E-state index contributed by atoms with van der Waals surface area (Å²) in [7, 11) is 0. The fourth-order valence-electron chi connectivity index (χ4n) is 1.10. The predicted octanol–water partition coefficient (Wildman–Crippen LogP) is 4.20. The SMILES string of the molecule is O=C(Nc1ccc(Cl)cc1)Nc1ncc(Br)s1. The summed E-state index contributed by atoms with van der Waals surface area (Å²) in [6, 6.07) is 6.52. The van der Waals surface area contributed by atoms with E-state index in [1.165, 1.54) is 11.3 Å². The van der Waals surface area contributed by atoms with Gasteiger partial charge in [-0.15, -0.1) is 0 Å². The maximum atomic E-state index is 11.6. The number of carbonyl (C=O) groups is 1. The van der Waals surface area contributed by atoms with E-state index < -0.39 is 0 Å². The Morgan fingerprint density at radius 1 is 1.29 bits per heavy atom. The molecule has 0 fully saturated rings. The van der Waals surface area contributed by atoms with Gasteiger partial charge in [-0.2, -0.15) is 0 Å². The van der Waals surface area contributed by atoms with Crippen molar-refractivity contribution in [3.8, 4) is 0 Å². The number of urea groups is 1. The molecule has 88 valence electrons. The lowest BCUT2D eigenvalue weighted by atomic mass is 10.3. The van der Waals surface area contributed by atoms with Crippen molar-refractivity contribution in [3.63, 3.8) is 0 Å². The number of carbonyl (C=O) groups excluding carboxylic acids is 1. The van der Waals surface area contributed by atoms with Crippen LogP contribution in [0.2, 0.25) is 5.02 Å². The van der Waals surface area contributed by atoms with Gasteiger partial charge in [0.1, 0.15) is 0 Å². The molecule has 0 saturated heterocycles. The molecule has 2 N–H and O–H groups in total. The maximum absolute atomic E-state index is 11.6. The average molecular weight is 333 g/mol. The van der Waals surface area contributed by atoms with Crippen molar-refractivity contribution in [1.29, 1.82) is 0 Å². The number of aromatic nitrogens is 1. The van der Waals surface area contributed by atoms with Gasteiger partial charge in [-0.05, 0) is 40.2 Å². The number of amides is 2. The Labute approximate surface area is 115 Å². The third-order valence-corrected chi connectivity index (χ3v) is 3.44. The van der Waals surface area contributed by atoms with Crippen LogP contribution in [0.5, 0.6) is 0 Å². The molecular formula is C10H7BrClN3OS. The van der Waals surface area contributed by atoms with Crippen LogP contribution in [0.3, 0.4) is 0 Å². The van der Waals surface area contributed by atoms with Crippen molar-refractivity contribution >= 4 is 55.7 Å². The lowest BCUT2D eigenvalue weighted by molar-refractivity contribution is 0.262. The average Bonchev–Trinajstić information content (AvgIpc) is 2.67. The van der Waals surface area contributed by atoms with Crippen LogP contribution >= 0.6 is 38.9 Å². The molecule has 1 aromatic heterocycles. The molecule has 7 heteroatoms. The van der Waals surface area contributed by atoms with Gasteiger partial charge in [0.05, 0.1) is 9.98 Å². The summed E-state index contributed by atoms with van der Waals surface area (Å²) < 4.78 is 0.860. The molecule has 17 heavy (non-hydrogen) atoms. The number of thiazole rings is 1. The molecular weight excluding hydrogens is 326 g/mol. The third kappa shape index (κ3) is 3.69. The number of halogens is 2. The van der Waals surface area contributed by atoms with Crippen LogP contribution in [0.4, 0.5) is 15.6 Å². The summed E-state index contributed by atoms with van der Waals surface area (Å²) in [6.45, 7) is 0. The second kappa shape index (κ2) is 5.48. The normalized spacial score (nSPS) is 10.0. The lowest BCUT2D eigenvalue weighted by Crippen LogP contribution is -2.19. The summed E-state index contributed by atoms with van der Waals surface area (Å²) in [6.07, 6.45) is 1.63. The summed E-state index contributed by atoms with van der Waals surface area (Å²) >= 11 is 10.3. The van der Waals surface area contributed by atoms with E-state index in [-0.39, 0.29) is 6.03 Å². The largest absolute Gasteiger partial charge is 0.325 e. The first-order valence-corrected chi connectivity index (χ1v) is 6.57. The number of nitrogens with one attached hydrogen (secondary N) is 2. The molecule has 2 aromatic rings. The Morgan fingerprint density at radius 2 is 2.00 bits per heavy atom. The minimum atomic E-state index is -0.339. The second-order valence-corrected chi connectivity index (χ2v) is 5.90. The molecule has 0 aliphatic carbocycles. The maximum Gasteiger partial charge on any atom is 0.325 e. The molecule has 0 unspecified atom stereocenters. The topological polar surface area (TPSA) is 54.0 Å². The van der Waals surface area contributed by atoms with Gasteiger partial charge >= 0.3 is 6.03 Å². The van der Waals surface area contributed by atoms with Crippen molar-refractivity contribution < 1.29 is 4.79 Å². The van der Waals surface area contributed by atoms with E-state index in [9.17, 15) is 4.79 Å². The Morgan fingerprint density at radius 3 is 2.59 bits per heavy atom. The summed E-state index contributed by atoms with van der Waals surface area (Å²) in [5, 5.41) is 6.45. The van der Waals surface area contributed by atoms with Gasteiger partial charge in [0.25, 0.3) is 0 Å². The summed E-state index contributed by atoms with van der Waals surface area (Å²) in [4.78, 5) is 15.6. The zero-order valence-electron chi connectivity index (χ0n) is 8.41. The fraction of sp³-hybridized carbons (Fsp3) is 0. The third-order valence-electron chi connectivity index (χ3n) is 1.80. The number of hydrogen-bond donors (Lipinski definition) is 2. The van der Waals surface area contributed by atoms with Crippen LogP contribution in [0, 0.1) is 0 Å². The fourth-order valence-corrected chi connectivity index (χ4v) is 2.33. The zero-order valence-corrected chi connectivity index (χ0v) is 11.6. The van der Waals surface area contributed by atoms with Gasteiger partial charge in [0, 0.05) is 10.7 Å². The van der Waals surface area contributed by atoms with Crippen LogP contribution in [0.15, 0.2) is 34.2 Å². The molecule has 4 nitrogen and oxygen atoms in total. The molecule has 0 atom stereocenters. The lowest BCUT2D eigenvalue weighted by Gasteiger charge is -2.04. The quantitative estimate of drug-likeness (QED) is 0.866. The molecule has 2 rings (SSSR count). The van der Waals surface area contributed by atoms with Crippen molar-refractivity contribution in [2.75, 3.05) is 10.6 Å². The van der Waals surface area contributed by atoms with Crippen molar-refractivity contribution in [3.05, 3.63) is 39.3 Å². The van der Waals surface area contributed by atoms with Crippen LogP contribution in [0.25, 0.3) is 0 Å². The van der Waals surface area contributed by atoms with E-state index in [4.69, 9.17) is 11.6 Å². The first-order valence-electron chi connectivity index (χ1n) is 4.58. The van der Waals surface area contributed by atoms with Crippen LogP contribution in [0.1, 0.15) is 0 Å². The molecule has 1 heterocycles. The molecule has 2 amide bonds. The first-order chi connectivity index (χ1) is 8.13. The van der Waals surface area contributed by atoms with Gasteiger partial charge in [0.2, 0.25) is 0 Å². The number of hydrogen-bond acceptors (Lipinski definition) is 3. The Hall–Kier alpha value is -1.11. The number of anilines is 2. The second-order valence-electron chi connectivity index (χ2n) is 3.06. The summed E-state index contributed by atoms with van der Waals surface area (Å²) in [5.41, 5.74) is 0.669. The Balaban J connectivity index is 1.95. The standard InChI is InChI=1S/C10H7BrClN3OS/c11-8-5-13-10(17-8)15-9(16)14-7-3-1-6(12)2-4-7/h1-5H,(H2,13,14,15,16). The minimum absolute atomic E-state index is 0.339. The highest BCUT2D eigenvalue weighted by atomic mass is 79.9. The van der Waals surface area contributed by atoms with Crippen molar-refractivity contribution in [2.24, 2.45) is 0 Å². The Kier molecular flexibility index (Phi) is 3.98. The monoisotopic (exact) mass is 331 g/mol. The summed E-state index contributed by atoms with van der Waals surface area (Å²) in [5.74, 6) is 0. The highest BCUT2D eigenvalue weighted by molar-refractivity contribution is 9.11. The van der Waals surface area contributed by atoms with Gasteiger partial charge in [-0.3, -0.25) is 5.32 Å². The number of rotatable bonds is 2. The van der Waals surface area contributed by atoms with Crippen molar-refractivity contribution in [1.82, 2.24) is 4.98 Å². The molecule has 0 aliphatic rings. The van der Waals surface area contributed by atoms with E-state index in [1.807, 2.05) is 0 Å². The smallest absolute Gasteiger partial charge is 0.308 e. The van der Waals surface area contributed by atoms with Crippen LogP contribution < -0.4 is 10.6 Å². The minimum Gasteiger partial charge on any atom is -0.308 e. The van der Waals surface area contributed by atoms with Crippen LogP contribution in [-0.2, 0) is 0 Å². The molecule has 0 saturated carbocycles.